The monoisotopic (exact) mass is 291 g/mol. The maximum atomic E-state index is 12.3. The van der Waals surface area contributed by atoms with E-state index >= 15 is 0 Å². The standard InChI is InChI=1S/C19H17NO2/c21-17-12-19(18(22)20-17)10-4-7-15-11-14(8-9-16(15)19)13-5-2-1-3-6-13/h1-3,5-6,8-9,11H,4,7,10,12H2,(H,20,21,22). The van der Waals surface area contributed by atoms with Crippen LogP contribution in [-0.2, 0) is 21.4 Å². The number of imide groups is 1. The Kier molecular flexibility index (Phi) is 2.89. The summed E-state index contributed by atoms with van der Waals surface area (Å²) < 4.78 is 0. The normalized spacial score (nSPS) is 23.5. The molecule has 2 aromatic carbocycles. The molecule has 2 amide bonds. The van der Waals surface area contributed by atoms with Crippen LogP contribution >= 0.6 is 0 Å². The third kappa shape index (κ3) is 1.89. The van der Waals surface area contributed by atoms with Crippen molar-refractivity contribution in [3.8, 4) is 11.1 Å². The molecular weight excluding hydrogens is 274 g/mol. The molecule has 1 saturated heterocycles. The highest BCUT2D eigenvalue weighted by atomic mass is 16.2. The molecule has 110 valence electrons. The molecule has 1 aliphatic carbocycles. The van der Waals surface area contributed by atoms with Gasteiger partial charge in [-0.25, -0.2) is 0 Å². The second kappa shape index (κ2) is 4.80. The van der Waals surface area contributed by atoms with Gasteiger partial charge in [-0.15, -0.1) is 0 Å². The predicted octanol–water partition coefficient (Wildman–Crippen LogP) is 2.97. The maximum absolute atomic E-state index is 12.3. The Balaban J connectivity index is 1.82. The van der Waals surface area contributed by atoms with Gasteiger partial charge in [-0.1, -0.05) is 48.5 Å². The van der Waals surface area contributed by atoms with Crippen LogP contribution in [0.15, 0.2) is 48.5 Å². The van der Waals surface area contributed by atoms with Gasteiger partial charge >= 0.3 is 0 Å². The zero-order valence-electron chi connectivity index (χ0n) is 12.3. The Labute approximate surface area is 129 Å². The highest BCUT2D eigenvalue weighted by Crippen LogP contribution is 2.43. The van der Waals surface area contributed by atoms with Gasteiger partial charge in [-0.3, -0.25) is 14.9 Å². The fourth-order valence-electron chi connectivity index (χ4n) is 3.86. The number of hydrogen-bond donors (Lipinski definition) is 1. The van der Waals surface area contributed by atoms with E-state index in [9.17, 15) is 9.59 Å². The minimum Gasteiger partial charge on any atom is -0.296 e. The third-order valence-electron chi connectivity index (χ3n) is 4.93. The SMILES string of the molecule is O=C1CC2(CCCc3cc(-c4ccccc4)ccc32)C(=O)N1. The minimum absolute atomic E-state index is 0.120. The largest absolute Gasteiger partial charge is 0.296 e. The van der Waals surface area contributed by atoms with E-state index < -0.39 is 5.41 Å². The van der Waals surface area contributed by atoms with Crippen LogP contribution in [0.1, 0.15) is 30.4 Å². The van der Waals surface area contributed by atoms with Crippen LogP contribution in [0.25, 0.3) is 11.1 Å². The quantitative estimate of drug-likeness (QED) is 0.821. The molecule has 1 N–H and O–H groups in total. The van der Waals surface area contributed by atoms with E-state index in [2.05, 4.69) is 35.6 Å². The first-order valence-corrected chi connectivity index (χ1v) is 7.72. The third-order valence-corrected chi connectivity index (χ3v) is 4.93. The summed E-state index contributed by atoms with van der Waals surface area (Å²) in [6, 6.07) is 16.5. The molecule has 22 heavy (non-hydrogen) atoms. The van der Waals surface area contributed by atoms with Gasteiger partial charge in [0.2, 0.25) is 11.8 Å². The van der Waals surface area contributed by atoms with E-state index in [1.807, 2.05) is 18.2 Å². The maximum Gasteiger partial charge on any atom is 0.237 e. The van der Waals surface area contributed by atoms with E-state index in [1.54, 1.807) is 0 Å². The number of aryl methyl sites for hydroxylation is 1. The van der Waals surface area contributed by atoms with E-state index in [4.69, 9.17) is 0 Å². The molecule has 1 atom stereocenters. The Morgan fingerprint density at radius 3 is 2.50 bits per heavy atom. The van der Waals surface area contributed by atoms with Gasteiger partial charge in [0.05, 0.1) is 5.41 Å². The molecule has 1 fully saturated rings. The molecule has 3 nitrogen and oxygen atoms in total. The van der Waals surface area contributed by atoms with Crippen LogP contribution in [0.5, 0.6) is 0 Å². The van der Waals surface area contributed by atoms with Crippen molar-refractivity contribution >= 4 is 11.8 Å². The van der Waals surface area contributed by atoms with E-state index in [0.717, 1.165) is 24.8 Å². The van der Waals surface area contributed by atoms with Gasteiger partial charge in [0.15, 0.2) is 0 Å². The summed E-state index contributed by atoms with van der Waals surface area (Å²) in [6.45, 7) is 0. The Morgan fingerprint density at radius 2 is 1.77 bits per heavy atom. The number of benzene rings is 2. The summed E-state index contributed by atoms with van der Waals surface area (Å²) >= 11 is 0. The average molecular weight is 291 g/mol. The molecule has 0 aromatic heterocycles. The second-order valence-electron chi connectivity index (χ2n) is 6.23. The molecule has 1 heterocycles. The zero-order chi connectivity index (χ0) is 15.2. The van der Waals surface area contributed by atoms with Crippen LogP contribution in [0, 0.1) is 0 Å². The van der Waals surface area contributed by atoms with Crippen molar-refractivity contribution in [3.05, 3.63) is 59.7 Å². The Morgan fingerprint density at radius 1 is 0.955 bits per heavy atom. The molecule has 1 unspecified atom stereocenters. The number of rotatable bonds is 1. The van der Waals surface area contributed by atoms with Crippen molar-refractivity contribution in [2.45, 2.75) is 31.1 Å². The first kappa shape index (κ1) is 13.3. The smallest absolute Gasteiger partial charge is 0.237 e. The summed E-state index contributed by atoms with van der Waals surface area (Å²) in [5.41, 5.74) is 3.97. The van der Waals surface area contributed by atoms with Crippen molar-refractivity contribution in [2.24, 2.45) is 0 Å². The van der Waals surface area contributed by atoms with Gasteiger partial charge in [0, 0.05) is 6.42 Å². The number of carbonyl (C=O) groups excluding carboxylic acids is 2. The number of carbonyl (C=O) groups is 2. The number of nitrogens with one attached hydrogen (secondary N) is 1. The lowest BCUT2D eigenvalue weighted by molar-refractivity contribution is -0.126. The van der Waals surface area contributed by atoms with Crippen LogP contribution in [-0.4, -0.2) is 11.8 Å². The van der Waals surface area contributed by atoms with Crippen LogP contribution in [0.4, 0.5) is 0 Å². The van der Waals surface area contributed by atoms with Gasteiger partial charge in [-0.05, 0) is 41.5 Å². The molecule has 2 aliphatic rings. The topological polar surface area (TPSA) is 46.2 Å². The molecule has 4 rings (SSSR count). The van der Waals surface area contributed by atoms with Crippen LogP contribution in [0.3, 0.4) is 0 Å². The zero-order valence-corrected chi connectivity index (χ0v) is 12.3. The molecule has 1 aliphatic heterocycles. The average Bonchev–Trinajstić information content (AvgIpc) is 2.82. The highest BCUT2D eigenvalue weighted by Gasteiger charge is 2.49. The van der Waals surface area contributed by atoms with Gasteiger partial charge in [-0.2, -0.15) is 0 Å². The number of fused-ring (bicyclic) bond motifs is 2. The minimum atomic E-state index is -0.625. The first-order valence-electron chi connectivity index (χ1n) is 7.72. The van der Waals surface area contributed by atoms with Crippen molar-refractivity contribution in [2.75, 3.05) is 0 Å². The Bertz CT molecular complexity index is 766. The fourth-order valence-corrected chi connectivity index (χ4v) is 3.86. The van der Waals surface area contributed by atoms with Crippen LogP contribution in [0.2, 0.25) is 0 Å². The van der Waals surface area contributed by atoms with Crippen molar-refractivity contribution in [1.82, 2.24) is 5.32 Å². The van der Waals surface area contributed by atoms with Crippen LogP contribution < -0.4 is 5.32 Å². The van der Waals surface area contributed by atoms with E-state index in [1.165, 1.54) is 16.7 Å². The molecule has 0 radical (unpaired) electrons. The van der Waals surface area contributed by atoms with Gasteiger partial charge < -0.3 is 0 Å². The predicted molar refractivity (Wildman–Crippen MR) is 84.3 cm³/mol. The number of hydrogen-bond acceptors (Lipinski definition) is 2. The lowest BCUT2D eigenvalue weighted by Gasteiger charge is -2.32. The Hall–Kier alpha value is -2.42. The molecule has 2 aromatic rings. The lowest BCUT2D eigenvalue weighted by Crippen LogP contribution is -2.38. The van der Waals surface area contributed by atoms with Gasteiger partial charge in [0.1, 0.15) is 0 Å². The van der Waals surface area contributed by atoms with E-state index in [-0.39, 0.29) is 11.8 Å². The highest BCUT2D eigenvalue weighted by molar-refractivity contribution is 6.09. The lowest BCUT2D eigenvalue weighted by atomic mass is 9.68. The number of amides is 2. The van der Waals surface area contributed by atoms with E-state index in [0.29, 0.717) is 6.42 Å². The molecular formula is C19H17NO2. The summed E-state index contributed by atoms with van der Waals surface area (Å²) in [5.74, 6) is -0.268. The second-order valence-corrected chi connectivity index (χ2v) is 6.23. The summed E-state index contributed by atoms with van der Waals surface area (Å²) in [6.07, 6.45) is 2.98. The molecule has 0 bridgehead atoms. The van der Waals surface area contributed by atoms with Crippen molar-refractivity contribution in [3.63, 3.8) is 0 Å². The molecule has 0 saturated carbocycles. The summed E-state index contributed by atoms with van der Waals surface area (Å²) in [5, 5.41) is 2.49. The van der Waals surface area contributed by atoms with Gasteiger partial charge in [0.25, 0.3) is 0 Å². The summed E-state index contributed by atoms with van der Waals surface area (Å²) in [7, 11) is 0. The molecule has 3 heteroatoms. The van der Waals surface area contributed by atoms with Crippen molar-refractivity contribution < 1.29 is 9.59 Å². The summed E-state index contributed by atoms with van der Waals surface area (Å²) in [4.78, 5) is 24.0. The molecule has 1 spiro atoms. The van der Waals surface area contributed by atoms with Crippen molar-refractivity contribution in [1.29, 1.82) is 0 Å². The fraction of sp³-hybridized carbons (Fsp3) is 0.263. The first-order chi connectivity index (χ1) is 10.7.